The molecule has 22 heavy (non-hydrogen) atoms. The number of nitrogens with zero attached hydrogens (tertiary/aromatic N) is 3. The van der Waals surface area contributed by atoms with Gasteiger partial charge in [0.2, 0.25) is 0 Å². The van der Waals surface area contributed by atoms with Crippen LogP contribution in [-0.2, 0) is 18.3 Å². The minimum Gasteiger partial charge on any atom is -0.375 e. The molecule has 6 nitrogen and oxygen atoms in total. The van der Waals surface area contributed by atoms with Gasteiger partial charge in [0.1, 0.15) is 5.69 Å². The number of carbonyl (C=O) groups excluding carboxylic acids is 1. The van der Waals surface area contributed by atoms with Crippen LogP contribution in [0.3, 0.4) is 0 Å². The zero-order valence-corrected chi connectivity index (χ0v) is 13.7. The van der Waals surface area contributed by atoms with Crippen LogP contribution in [0, 0.1) is 0 Å². The lowest BCUT2D eigenvalue weighted by Crippen LogP contribution is -2.46. The highest BCUT2D eigenvalue weighted by Crippen LogP contribution is 2.26. The van der Waals surface area contributed by atoms with Crippen molar-refractivity contribution >= 4 is 17.6 Å². The van der Waals surface area contributed by atoms with Gasteiger partial charge in [-0.25, -0.2) is 4.79 Å². The Labute approximate surface area is 135 Å². The molecule has 0 spiro atoms. The number of carbonyl (C=O) groups is 1. The van der Waals surface area contributed by atoms with Crippen molar-refractivity contribution in [3.05, 3.63) is 16.9 Å². The number of hydrogen-bond donors (Lipinski definition) is 1. The van der Waals surface area contributed by atoms with Crippen molar-refractivity contribution in [3.8, 4) is 0 Å². The largest absolute Gasteiger partial charge is 0.375 e. The van der Waals surface area contributed by atoms with Gasteiger partial charge >= 0.3 is 6.03 Å². The van der Waals surface area contributed by atoms with E-state index >= 15 is 0 Å². The molecule has 1 N–H and O–H groups in total. The van der Waals surface area contributed by atoms with E-state index < -0.39 is 0 Å². The van der Waals surface area contributed by atoms with Gasteiger partial charge in [-0.05, 0) is 32.1 Å². The predicted octanol–water partition coefficient (Wildman–Crippen LogP) is 2.32. The molecular weight excluding hydrogens is 304 g/mol. The summed E-state index contributed by atoms with van der Waals surface area (Å²) >= 11 is 6.04. The molecule has 1 saturated heterocycles. The van der Waals surface area contributed by atoms with E-state index in [0.29, 0.717) is 29.5 Å². The quantitative estimate of drug-likeness (QED) is 0.923. The fourth-order valence-electron chi connectivity index (χ4n) is 2.87. The van der Waals surface area contributed by atoms with Crippen LogP contribution in [-0.4, -0.2) is 46.0 Å². The van der Waals surface area contributed by atoms with Gasteiger partial charge in [0.25, 0.3) is 0 Å². The van der Waals surface area contributed by atoms with Crippen LogP contribution in [0.4, 0.5) is 4.79 Å². The summed E-state index contributed by atoms with van der Waals surface area (Å²) in [4.78, 5) is 14.0. The van der Waals surface area contributed by atoms with Gasteiger partial charge in [0.15, 0.2) is 0 Å². The third kappa shape index (κ3) is 3.73. The molecule has 2 amide bonds. The fourth-order valence-corrected chi connectivity index (χ4v) is 3.12. The Morgan fingerprint density at radius 3 is 2.59 bits per heavy atom. The molecule has 1 aromatic rings. The summed E-state index contributed by atoms with van der Waals surface area (Å²) in [7, 11) is 1.81. The summed E-state index contributed by atoms with van der Waals surface area (Å²) < 4.78 is 7.66. The van der Waals surface area contributed by atoms with Gasteiger partial charge in [-0.1, -0.05) is 11.6 Å². The van der Waals surface area contributed by atoms with Crippen LogP contribution in [0.2, 0.25) is 5.02 Å². The molecule has 1 saturated carbocycles. The van der Waals surface area contributed by atoms with E-state index in [1.165, 1.54) is 19.3 Å². The van der Waals surface area contributed by atoms with Gasteiger partial charge in [0.05, 0.1) is 23.8 Å². The molecule has 0 bridgehead atoms. The van der Waals surface area contributed by atoms with E-state index in [4.69, 9.17) is 16.3 Å². The van der Waals surface area contributed by atoms with Crippen molar-refractivity contribution in [2.45, 2.75) is 50.9 Å². The van der Waals surface area contributed by atoms with Crippen LogP contribution in [0.1, 0.15) is 37.8 Å². The van der Waals surface area contributed by atoms with E-state index in [1.54, 1.807) is 10.9 Å². The highest BCUT2D eigenvalue weighted by Gasteiger charge is 2.27. The topological polar surface area (TPSA) is 59.4 Å². The lowest BCUT2D eigenvalue weighted by atomic mass is 9.95. The number of ether oxygens (including phenoxy) is 1. The zero-order chi connectivity index (χ0) is 15.5. The van der Waals surface area contributed by atoms with Crippen LogP contribution >= 0.6 is 11.6 Å². The molecule has 2 fully saturated rings. The highest BCUT2D eigenvalue weighted by molar-refractivity contribution is 6.31. The van der Waals surface area contributed by atoms with Gasteiger partial charge in [-0.15, -0.1) is 0 Å². The molecule has 0 radical (unpaired) electrons. The molecule has 1 aromatic heterocycles. The first kappa shape index (κ1) is 15.6. The maximum atomic E-state index is 12.2. The van der Waals surface area contributed by atoms with Gasteiger partial charge < -0.3 is 15.0 Å². The Balaban J connectivity index is 1.40. The number of hydrogen-bond acceptors (Lipinski definition) is 3. The zero-order valence-electron chi connectivity index (χ0n) is 12.9. The SMILES string of the molecule is Cn1cc(Cl)c(CNC(=O)N2CCC(OC3CCC3)CC2)n1. The molecule has 122 valence electrons. The Bertz CT molecular complexity index is 522. The van der Waals surface area contributed by atoms with Crippen molar-refractivity contribution in [2.24, 2.45) is 7.05 Å². The third-order valence-corrected chi connectivity index (χ3v) is 4.74. The van der Waals surface area contributed by atoms with E-state index in [-0.39, 0.29) is 6.03 Å². The van der Waals surface area contributed by atoms with Gasteiger partial charge in [0, 0.05) is 26.3 Å². The Hall–Kier alpha value is -1.27. The minimum atomic E-state index is -0.0520. The lowest BCUT2D eigenvalue weighted by molar-refractivity contribution is -0.0697. The molecule has 1 aliphatic heterocycles. The van der Waals surface area contributed by atoms with Crippen LogP contribution < -0.4 is 5.32 Å². The first-order valence-corrected chi connectivity index (χ1v) is 8.36. The second kappa shape index (κ2) is 6.87. The van der Waals surface area contributed by atoms with Crippen molar-refractivity contribution in [1.82, 2.24) is 20.0 Å². The number of amides is 2. The number of nitrogens with one attached hydrogen (secondary N) is 1. The monoisotopic (exact) mass is 326 g/mol. The standard InChI is InChI=1S/C15H23ClN4O2/c1-19-10-13(16)14(18-19)9-17-15(21)20-7-5-12(6-8-20)22-11-3-2-4-11/h10-12H,2-9H2,1H3,(H,17,21). The van der Waals surface area contributed by atoms with Crippen molar-refractivity contribution in [1.29, 1.82) is 0 Å². The molecule has 0 atom stereocenters. The maximum absolute atomic E-state index is 12.2. The normalized spacial score (nSPS) is 20.0. The van der Waals surface area contributed by atoms with Crippen LogP contribution in [0.15, 0.2) is 6.20 Å². The smallest absolute Gasteiger partial charge is 0.317 e. The molecule has 2 aliphatic rings. The molecule has 0 aromatic carbocycles. The number of piperidine rings is 1. The number of halogens is 1. The second-order valence-electron chi connectivity index (χ2n) is 6.13. The minimum absolute atomic E-state index is 0.0520. The van der Waals surface area contributed by atoms with Crippen molar-refractivity contribution in [2.75, 3.05) is 13.1 Å². The summed E-state index contributed by atoms with van der Waals surface area (Å²) in [5.41, 5.74) is 0.695. The van der Waals surface area contributed by atoms with Gasteiger partial charge in [-0.2, -0.15) is 5.10 Å². The van der Waals surface area contributed by atoms with Crippen LogP contribution in [0.5, 0.6) is 0 Å². The number of aryl methyl sites for hydroxylation is 1. The Morgan fingerprint density at radius 1 is 1.36 bits per heavy atom. The fraction of sp³-hybridized carbons (Fsp3) is 0.733. The van der Waals surface area contributed by atoms with Crippen LogP contribution in [0.25, 0.3) is 0 Å². The molecule has 3 rings (SSSR count). The summed E-state index contributed by atoms with van der Waals surface area (Å²) in [5, 5.41) is 7.69. The molecule has 0 unspecified atom stereocenters. The summed E-state index contributed by atoms with van der Waals surface area (Å²) in [5.74, 6) is 0. The number of rotatable bonds is 4. The lowest BCUT2D eigenvalue weighted by Gasteiger charge is -2.36. The molecular formula is C15H23ClN4O2. The average molecular weight is 327 g/mol. The summed E-state index contributed by atoms with van der Waals surface area (Å²) in [6.07, 6.45) is 8.06. The van der Waals surface area contributed by atoms with E-state index in [2.05, 4.69) is 10.4 Å². The molecule has 2 heterocycles. The number of likely N-dealkylation sites (tertiary alicyclic amines) is 1. The van der Waals surface area contributed by atoms with Crippen molar-refractivity contribution < 1.29 is 9.53 Å². The van der Waals surface area contributed by atoms with Crippen molar-refractivity contribution in [3.63, 3.8) is 0 Å². The number of urea groups is 1. The molecule has 1 aliphatic carbocycles. The first-order valence-electron chi connectivity index (χ1n) is 7.98. The Kier molecular flexibility index (Phi) is 4.88. The first-order chi connectivity index (χ1) is 10.6. The molecule has 7 heteroatoms. The summed E-state index contributed by atoms with van der Waals surface area (Å²) in [6.45, 7) is 1.86. The Morgan fingerprint density at radius 2 is 2.05 bits per heavy atom. The number of aromatic nitrogens is 2. The highest BCUT2D eigenvalue weighted by atomic mass is 35.5. The maximum Gasteiger partial charge on any atom is 0.317 e. The average Bonchev–Trinajstić information content (AvgIpc) is 2.79. The third-order valence-electron chi connectivity index (χ3n) is 4.43. The second-order valence-corrected chi connectivity index (χ2v) is 6.54. The summed E-state index contributed by atoms with van der Waals surface area (Å²) in [6, 6.07) is -0.0520. The van der Waals surface area contributed by atoms with Gasteiger partial charge in [-0.3, -0.25) is 4.68 Å². The predicted molar refractivity (Wildman–Crippen MR) is 83.8 cm³/mol. The van der Waals surface area contributed by atoms with E-state index in [0.717, 1.165) is 25.9 Å². The van der Waals surface area contributed by atoms with E-state index in [9.17, 15) is 4.79 Å². The van der Waals surface area contributed by atoms with E-state index in [1.807, 2.05) is 11.9 Å².